The summed E-state index contributed by atoms with van der Waals surface area (Å²) in [6, 6.07) is 26.7. The number of rotatable bonds is 9. The van der Waals surface area contributed by atoms with E-state index in [9.17, 15) is 9.90 Å². The molecule has 2 aliphatic heterocycles. The second kappa shape index (κ2) is 11.7. The summed E-state index contributed by atoms with van der Waals surface area (Å²) < 4.78 is 6.13. The number of hydrogen-bond donors (Lipinski definition) is 1. The first-order chi connectivity index (χ1) is 17.7. The normalized spacial score (nSPS) is 17.6. The van der Waals surface area contributed by atoms with Gasteiger partial charge in [-0.2, -0.15) is 0 Å². The van der Waals surface area contributed by atoms with Gasteiger partial charge in [0.15, 0.2) is 0 Å². The molecular weight excluding hydrogens is 448 g/mol. The summed E-state index contributed by atoms with van der Waals surface area (Å²) in [6.07, 6.45) is 4.07. The fraction of sp³-hybridized carbons (Fsp3) is 0.387. The lowest BCUT2D eigenvalue weighted by Gasteiger charge is -2.33. The van der Waals surface area contributed by atoms with Crippen LogP contribution in [-0.2, 0) is 24.2 Å². The molecule has 1 N–H and O–H groups in total. The van der Waals surface area contributed by atoms with E-state index < -0.39 is 6.10 Å². The van der Waals surface area contributed by atoms with Crippen molar-refractivity contribution < 1.29 is 14.6 Å². The molecule has 1 fully saturated rings. The van der Waals surface area contributed by atoms with Gasteiger partial charge >= 0.3 is 0 Å². The topological polar surface area (TPSA) is 53.0 Å². The lowest BCUT2D eigenvalue weighted by Crippen LogP contribution is -2.41. The van der Waals surface area contributed by atoms with Crippen molar-refractivity contribution in [3.63, 3.8) is 0 Å². The van der Waals surface area contributed by atoms with E-state index in [-0.39, 0.29) is 12.5 Å². The molecular formula is C31H36N2O3. The molecule has 1 saturated heterocycles. The first kappa shape index (κ1) is 24.5. The zero-order valence-electron chi connectivity index (χ0n) is 20.9. The maximum absolute atomic E-state index is 12.7. The number of likely N-dealkylation sites (tertiary alicyclic amines) is 1. The number of anilines is 1. The predicted molar refractivity (Wildman–Crippen MR) is 143 cm³/mol. The molecule has 1 atom stereocenters. The van der Waals surface area contributed by atoms with Gasteiger partial charge in [-0.25, -0.2) is 0 Å². The Morgan fingerprint density at radius 2 is 1.56 bits per heavy atom. The second-order valence-corrected chi connectivity index (χ2v) is 10.1. The highest BCUT2D eigenvalue weighted by molar-refractivity contribution is 5.96. The van der Waals surface area contributed by atoms with E-state index in [1.165, 1.54) is 18.4 Å². The summed E-state index contributed by atoms with van der Waals surface area (Å²) in [4.78, 5) is 16.9. The van der Waals surface area contributed by atoms with Crippen LogP contribution in [0.2, 0.25) is 0 Å². The van der Waals surface area contributed by atoms with Gasteiger partial charge in [0.25, 0.3) is 0 Å². The van der Waals surface area contributed by atoms with E-state index in [4.69, 9.17) is 4.74 Å². The SMILES string of the molecule is O=C1CCc2c(OCC(O)CN3CCC(Cc4ccccc4)CC3)cccc2N1Cc1ccccc1. The Hall–Kier alpha value is -3.15. The van der Waals surface area contributed by atoms with Gasteiger partial charge in [-0.05, 0) is 68.0 Å². The molecule has 5 rings (SSSR count). The minimum Gasteiger partial charge on any atom is -0.490 e. The van der Waals surface area contributed by atoms with Gasteiger partial charge in [-0.3, -0.25) is 4.79 Å². The Bertz CT molecular complexity index is 1130. The van der Waals surface area contributed by atoms with Crippen LogP contribution in [0.1, 0.15) is 36.0 Å². The molecule has 2 heterocycles. The average Bonchev–Trinajstić information content (AvgIpc) is 2.91. The number of nitrogens with zero attached hydrogens (tertiary/aromatic N) is 2. The number of carbonyl (C=O) groups is 1. The van der Waals surface area contributed by atoms with Crippen LogP contribution >= 0.6 is 0 Å². The molecule has 0 radical (unpaired) electrons. The van der Waals surface area contributed by atoms with E-state index in [1.807, 2.05) is 53.4 Å². The molecule has 5 heteroatoms. The zero-order valence-corrected chi connectivity index (χ0v) is 20.9. The third-order valence-corrected chi connectivity index (χ3v) is 7.45. The Balaban J connectivity index is 1.13. The van der Waals surface area contributed by atoms with Gasteiger partial charge < -0.3 is 19.6 Å². The van der Waals surface area contributed by atoms with E-state index in [0.29, 0.717) is 25.9 Å². The summed E-state index contributed by atoms with van der Waals surface area (Å²) in [6.45, 7) is 3.48. The van der Waals surface area contributed by atoms with Crippen LogP contribution in [0, 0.1) is 5.92 Å². The van der Waals surface area contributed by atoms with Crippen molar-refractivity contribution in [1.82, 2.24) is 4.90 Å². The molecule has 0 bridgehead atoms. The van der Waals surface area contributed by atoms with Gasteiger partial charge in [0.2, 0.25) is 5.91 Å². The number of β-amino-alcohol motifs (C(OH)–C–C–N with tert-alkyl or cyclic N) is 1. The molecule has 3 aromatic rings. The second-order valence-electron chi connectivity index (χ2n) is 10.1. The number of benzene rings is 3. The van der Waals surface area contributed by atoms with Crippen molar-refractivity contribution in [1.29, 1.82) is 0 Å². The van der Waals surface area contributed by atoms with Gasteiger partial charge in [0.1, 0.15) is 18.5 Å². The van der Waals surface area contributed by atoms with Crippen LogP contribution in [-0.4, -0.2) is 48.3 Å². The first-order valence-electron chi connectivity index (χ1n) is 13.2. The van der Waals surface area contributed by atoms with Crippen molar-refractivity contribution >= 4 is 11.6 Å². The quantitative estimate of drug-likeness (QED) is 0.471. The summed E-state index contributed by atoms with van der Waals surface area (Å²) in [7, 11) is 0. The fourth-order valence-corrected chi connectivity index (χ4v) is 5.49. The highest BCUT2D eigenvalue weighted by atomic mass is 16.5. The highest BCUT2D eigenvalue weighted by Crippen LogP contribution is 2.35. The average molecular weight is 485 g/mol. The van der Waals surface area contributed by atoms with Crippen LogP contribution in [0.4, 0.5) is 5.69 Å². The molecule has 1 amide bonds. The number of aliphatic hydroxyl groups is 1. The molecule has 0 aromatic heterocycles. The molecule has 188 valence electrons. The van der Waals surface area contributed by atoms with E-state index in [2.05, 4.69) is 35.2 Å². The Morgan fingerprint density at radius 1 is 0.861 bits per heavy atom. The van der Waals surface area contributed by atoms with Crippen LogP contribution < -0.4 is 9.64 Å². The third-order valence-electron chi connectivity index (χ3n) is 7.45. The smallest absolute Gasteiger partial charge is 0.227 e. The number of hydrogen-bond acceptors (Lipinski definition) is 4. The van der Waals surface area contributed by atoms with Crippen LogP contribution in [0.25, 0.3) is 0 Å². The van der Waals surface area contributed by atoms with Crippen molar-refractivity contribution in [2.45, 2.75) is 44.8 Å². The molecule has 5 nitrogen and oxygen atoms in total. The van der Waals surface area contributed by atoms with Gasteiger partial charge in [0.05, 0.1) is 12.2 Å². The van der Waals surface area contributed by atoms with Gasteiger partial charge in [-0.15, -0.1) is 0 Å². The molecule has 2 aliphatic rings. The standard InChI is InChI=1S/C31H36N2O3/c34-27(22-32-18-16-25(17-19-32)20-24-8-3-1-4-9-24)23-36-30-13-7-12-29-28(30)14-15-31(35)33(29)21-26-10-5-2-6-11-26/h1-13,25,27,34H,14-23H2. The minimum atomic E-state index is -0.544. The Morgan fingerprint density at radius 3 is 2.28 bits per heavy atom. The Kier molecular flexibility index (Phi) is 7.99. The number of aliphatic hydroxyl groups excluding tert-OH is 1. The lowest BCUT2D eigenvalue weighted by molar-refractivity contribution is -0.119. The summed E-state index contributed by atoms with van der Waals surface area (Å²) in [5.41, 5.74) is 4.50. The van der Waals surface area contributed by atoms with Crippen LogP contribution in [0.3, 0.4) is 0 Å². The fourth-order valence-electron chi connectivity index (χ4n) is 5.49. The summed E-state index contributed by atoms with van der Waals surface area (Å²) >= 11 is 0. The lowest BCUT2D eigenvalue weighted by atomic mass is 9.90. The first-order valence-corrected chi connectivity index (χ1v) is 13.2. The number of amides is 1. The maximum Gasteiger partial charge on any atom is 0.227 e. The molecule has 0 aliphatic carbocycles. The molecule has 0 saturated carbocycles. The van der Waals surface area contributed by atoms with E-state index in [1.54, 1.807) is 0 Å². The third kappa shape index (κ3) is 6.15. The van der Waals surface area contributed by atoms with Crippen molar-refractivity contribution in [2.75, 3.05) is 31.1 Å². The molecule has 36 heavy (non-hydrogen) atoms. The molecule has 0 spiro atoms. The number of fused-ring (bicyclic) bond motifs is 1. The van der Waals surface area contributed by atoms with Crippen molar-refractivity contribution in [3.8, 4) is 5.75 Å². The number of piperidine rings is 1. The van der Waals surface area contributed by atoms with E-state index in [0.717, 1.165) is 48.0 Å². The van der Waals surface area contributed by atoms with Crippen molar-refractivity contribution in [2.24, 2.45) is 5.92 Å². The minimum absolute atomic E-state index is 0.138. The van der Waals surface area contributed by atoms with Gasteiger partial charge in [-0.1, -0.05) is 66.7 Å². The molecule has 3 aromatic carbocycles. The molecule has 1 unspecified atom stereocenters. The monoisotopic (exact) mass is 484 g/mol. The summed E-state index contributed by atoms with van der Waals surface area (Å²) in [5, 5.41) is 10.7. The van der Waals surface area contributed by atoms with Crippen LogP contribution in [0.5, 0.6) is 5.75 Å². The largest absolute Gasteiger partial charge is 0.490 e. The zero-order chi connectivity index (χ0) is 24.7. The number of ether oxygens (including phenoxy) is 1. The highest BCUT2D eigenvalue weighted by Gasteiger charge is 2.27. The number of carbonyl (C=O) groups excluding carboxylic acids is 1. The predicted octanol–water partition coefficient (Wildman–Crippen LogP) is 4.86. The van der Waals surface area contributed by atoms with Gasteiger partial charge in [0, 0.05) is 18.5 Å². The maximum atomic E-state index is 12.7. The van der Waals surface area contributed by atoms with E-state index >= 15 is 0 Å². The Labute approximate surface area is 214 Å². The van der Waals surface area contributed by atoms with Crippen LogP contribution in [0.15, 0.2) is 78.9 Å². The van der Waals surface area contributed by atoms with Crippen molar-refractivity contribution in [3.05, 3.63) is 95.6 Å². The summed E-state index contributed by atoms with van der Waals surface area (Å²) in [5.74, 6) is 1.63.